The highest BCUT2D eigenvalue weighted by atomic mass is 35.5. The molecule has 0 radical (unpaired) electrons. The quantitative estimate of drug-likeness (QED) is 0.257. The van der Waals surface area contributed by atoms with Crippen molar-refractivity contribution in [3.8, 4) is 0 Å². The van der Waals surface area contributed by atoms with Crippen LogP contribution in [0.5, 0.6) is 0 Å². The molecule has 0 spiro atoms. The summed E-state index contributed by atoms with van der Waals surface area (Å²) in [6.45, 7) is 11.7. The molecule has 3 aromatic rings. The van der Waals surface area contributed by atoms with Gasteiger partial charge in [-0.15, -0.1) is 12.4 Å². The fourth-order valence-electron chi connectivity index (χ4n) is 5.08. The number of carbonyl (C=O) groups is 1. The number of sulfonamides is 1. The molecule has 1 fully saturated rings. The van der Waals surface area contributed by atoms with Gasteiger partial charge in [0, 0.05) is 36.3 Å². The van der Waals surface area contributed by atoms with Gasteiger partial charge in [-0.05, 0) is 81.2 Å². The zero-order valence-electron chi connectivity index (χ0n) is 23.0. The number of hydrogen-bond acceptors (Lipinski definition) is 6. The molecule has 0 aliphatic carbocycles. The van der Waals surface area contributed by atoms with E-state index in [4.69, 9.17) is 16.6 Å². The van der Waals surface area contributed by atoms with Gasteiger partial charge in [0.2, 0.25) is 10.0 Å². The number of likely N-dealkylation sites (N-methyl/N-ethyl adjacent to an activating group) is 1. The number of anilines is 1. The van der Waals surface area contributed by atoms with Gasteiger partial charge in [-0.2, -0.15) is 4.31 Å². The normalized spacial score (nSPS) is 16.4. The van der Waals surface area contributed by atoms with Gasteiger partial charge in [0.1, 0.15) is 0 Å². The van der Waals surface area contributed by atoms with E-state index in [9.17, 15) is 13.2 Å². The number of rotatable bonds is 10. The fourth-order valence-corrected chi connectivity index (χ4v) is 8.29. The molecule has 1 aromatic heterocycles. The number of aryl methyl sites for hydroxylation is 1. The number of amides is 1. The van der Waals surface area contributed by atoms with Crippen LogP contribution in [0.25, 0.3) is 10.2 Å². The zero-order valence-corrected chi connectivity index (χ0v) is 26.2. The second kappa shape index (κ2) is 13.7. The maximum absolute atomic E-state index is 13.8. The fraction of sp³-hybridized carbons (Fsp3) is 0.500. The number of thiazole rings is 1. The third-order valence-corrected chi connectivity index (χ3v) is 10.6. The van der Waals surface area contributed by atoms with Gasteiger partial charge >= 0.3 is 0 Å². The van der Waals surface area contributed by atoms with E-state index in [1.807, 2.05) is 26.0 Å². The Morgan fingerprint density at radius 3 is 2.44 bits per heavy atom. The van der Waals surface area contributed by atoms with E-state index in [-0.39, 0.29) is 29.3 Å². The van der Waals surface area contributed by atoms with E-state index >= 15 is 0 Å². The lowest BCUT2D eigenvalue weighted by molar-refractivity contribution is 0.0983. The monoisotopic (exact) mass is 612 g/mol. The van der Waals surface area contributed by atoms with Crippen LogP contribution < -0.4 is 4.90 Å². The molecule has 7 nitrogen and oxygen atoms in total. The molecule has 11 heteroatoms. The molecule has 1 unspecified atom stereocenters. The van der Waals surface area contributed by atoms with Gasteiger partial charge in [0.05, 0.1) is 15.1 Å². The summed E-state index contributed by atoms with van der Waals surface area (Å²) in [5, 5.41) is 1.25. The van der Waals surface area contributed by atoms with Crippen molar-refractivity contribution in [1.29, 1.82) is 0 Å². The minimum Gasteiger partial charge on any atom is -0.302 e. The smallest absolute Gasteiger partial charge is 0.260 e. The topological polar surface area (TPSA) is 73.8 Å². The molecule has 1 atom stereocenters. The minimum absolute atomic E-state index is 0. The Balaban J connectivity index is 0.00000420. The van der Waals surface area contributed by atoms with E-state index in [0.717, 1.165) is 54.6 Å². The molecule has 4 rings (SSSR count). The molecular formula is C28H38Cl2N4O3S2. The van der Waals surface area contributed by atoms with Gasteiger partial charge < -0.3 is 4.90 Å². The number of hydrogen-bond donors (Lipinski definition) is 0. The van der Waals surface area contributed by atoms with Crippen molar-refractivity contribution in [2.24, 2.45) is 0 Å². The third-order valence-electron chi connectivity index (χ3n) is 7.40. The number of fused-ring (bicyclic) bond motifs is 1. The predicted octanol–water partition coefficient (Wildman–Crippen LogP) is 6.62. The Bertz CT molecular complexity index is 1380. The summed E-state index contributed by atoms with van der Waals surface area (Å²) in [6, 6.07) is 10.2. The summed E-state index contributed by atoms with van der Waals surface area (Å²) in [5.74, 6) is -0.201. The lowest BCUT2D eigenvalue weighted by Gasteiger charge is -2.34. The van der Waals surface area contributed by atoms with Gasteiger partial charge in [-0.1, -0.05) is 50.1 Å². The Morgan fingerprint density at radius 1 is 1.10 bits per heavy atom. The van der Waals surface area contributed by atoms with Crippen LogP contribution in [0.15, 0.2) is 41.3 Å². The first-order chi connectivity index (χ1) is 18.2. The molecule has 214 valence electrons. The van der Waals surface area contributed by atoms with Gasteiger partial charge in [0.15, 0.2) is 5.13 Å². The molecule has 1 aliphatic rings. The van der Waals surface area contributed by atoms with Gasteiger partial charge in [0.25, 0.3) is 5.91 Å². The van der Waals surface area contributed by atoms with Crippen molar-refractivity contribution in [3.63, 3.8) is 0 Å². The van der Waals surface area contributed by atoms with Crippen LogP contribution in [-0.4, -0.2) is 67.3 Å². The zero-order chi connectivity index (χ0) is 27.4. The molecule has 1 aliphatic heterocycles. The standard InChI is InChI=1S/C28H37ClN4O3S2.ClH/c1-5-23-10-8-9-15-33(23)38(35,36)24-13-11-21(12-14-24)27(34)32(17-16-31(6-2)7-3)28-30-26-20(4)18-22(29)19-25(26)37-28;/h11-14,18-19,23H,5-10,15-17H2,1-4H3;1H. The number of benzene rings is 2. The maximum atomic E-state index is 13.8. The van der Waals surface area contributed by atoms with E-state index in [1.165, 1.54) is 11.3 Å². The van der Waals surface area contributed by atoms with E-state index in [2.05, 4.69) is 18.7 Å². The Morgan fingerprint density at radius 2 is 1.79 bits per heavy atom. The lowest BCUT2D eigenvalue weighted by atomic mass is 10.0. The average molecular weight is 614 g/mol. The summed E-state index contributed by atoms with van der Waals surface area (Å²) in [7, 11) is -3.61. The largest absolute Gasteiger partial charge is 0.302 e. The second-order valence-corrected chi connectivity index (χ2v) is 13.1. The minimum atomic E-state index is -3.61. The number of halogens is 2. The molecule has 39 heavy (non-hydrogen) atoms. The first-order valence-electron chi connectivity index (χ1n) is 13.4. The Labute approximate surface area is 247 Å². The van der Waals surface area contributed by atoms with Crippen LogP contribution >= 0.6 is 35.3 Å². The third kappa shape index (κ3) is 6.94. The summed E-state index contributed by atoms with van der Waals surface area (Å²) in [4.78, 5) is 22.8. The Kier molecular flexibility index (Phi) is 11.2. The first kappa shape index (κ1) is 31.8. The van der Waals surface area contributed by atoms with Crippen LogP contribution in [0.2, 0.25) is 5.02 Å². The number of nitrogens with zero attached hydrogens (tertiary/aromatic N) is 4. The van der Waals surface area contributed by atoms with E-state index in [0.29, 0.717) is 35.4 Å². The van der Waals surface area contributed by atoms with Crippen molar-refractivity contribution < 1.29 is 13.2 Å². The molecular weight excluding hydrogens is 575 g/mol. The van der Waals surface area contributed by atoms with Crippen LogP contribution in [-0.2, 0) is 10.0 Å². The molecule has 0 N–H and O–H groups in total. The number of piperidine rings is 1. The van der Waals surface area contributed by atoms with Gasteiger partial charge in [-0.3, -0.25) is 9.69 Å². The van der Waals surface area contributed by atoms with E-state index < -0.39 is 10.0 Å². The van der Waals surface area contributed by atoms with Crippen molar-refractivity contribution in [1.82, 2.24) is 14.2 Å². The van der Waals surface area contributed by atoms with Crippen molar-refractivity contribution in [2.45, 2.75) is 64.3 Å². The molecule has 0 bridgehead atoms. The van der Waals surface area contributed by atoms with Crippen LogP contribution in [0.1, 0.15) is 62.4 Å². The van der Waals surface area contributed by atoms with Crippen molar-refractivity contribution >= 4 is 66.6 Å². The van der Waals surface area contributed by atoms with Crippen molar-refractivity contribution in [3.05, 3.63) is 52.5 Å². The second-order valence-electron chi connectivity index (χ2n) is 9.75. The number of aromatic nitrogens is 1. The van der Waals surface area contributed by atoms with Crippen LogP contribution in [0.3, 0.4) is 0 Å². The van der Waals surface area contributed by atoms with Crippen LogP contribution in [0.4, 0.5) is 5.13 Å². The molecule has 0 saturated carbocycles. The van der Waals surface area contributed by atoms with Crippen molar-refractivity contribution in [2.75, 3.05) is 37.6 Å². The summed E-state index contributed by atoms with van der Waals surface area (Å²) < 4.78 is 29.4. The predicted molar refractivity (Wildman–Crippen MR) is 164 cm³/mol. The summed E-state index contributed by atoms with van der Waals surface area (Å²) >= 11 is 7.72. The maximum Gasteiger partial charge on any atom is 0.260 e. The van der Waals surface area contributed by atoms with E-state index in [1.54, 1.807) is 33.5 Å². The number of carbonyl (C=O) groups excluding carboxylic acids is 1. The Hall–Kier alpha value is -1.75. The first-order valence-corrected chi connectivity index (χ1v) is 16.1. The molecule has 2 aromatic carbocycles. The van der Waals surface area contributed by atoms with Gasteiger partial charge in [-0.25, -0.2) is 13.4 Å². The SMILES string of the molecule is CCC1CCCCN1S(=O)(=O)c1ccc(C(=O)N(CCN(CC)CC)c2nc3c(C)cc(Cl)cc3s2)cc1.Cl. The lowest BCUT2D eigenvalue weighted by Crippen LogP contribution is -2.43. The highest BCUT2D eigenvalue weighted by Crippen LogP contribution is 2.34. The van der Waals surface area contributed by atoms with Crippen LogP contribution in [0, 0.1) is 6.92 Å². The summed E-state index contributed by atoms with van der Waals surface area (Å²) in [5.41, 5.74) is 2.23. The summed E-state index contributed by atoms with van der Waals surface area (Å²) in [6.07, 6.45) is 3.62. The highest BCUT2D eigenvalue weighted by Gasteiger charge is 2.32. The highest BCUT2D eigenvalue weighted by molar-refractivity contribution is 7.89. The molecule has 2 heterocycles. The molecule has 1 amide bonds. The average Bonchev–Trinajstić information content (AvgIpc) is 3.35. The molecule has 1 saturated heterocycles.